The zero-order chi connectivity index (χ0) is 13.0. The molecule has 1 atom stereocenters. The maximum absolute atomic E-state index is 9.64. The van der Waals surface area contributed by atoms with Gasteiger partial charge in [-0.3, -0.25) is 4.90 Å². The molecule has 0 unspecified atom stereocenters. The Morgan fingerprint density at radius 1 is 1.39 bits per heavy atom. The van der Waals surface area contributed by atoms with Crippen molar-refractivity contribution in [2.45, 2.75) is 6.04 Å². The van der Waals surface area contributed by atoms with E-state index in [4.69, 9.17) is 4.74 Å². The average Bonchev–Trinajstić information content (AvgIpc) is 2.42. The molecule has 1 aliphatic heterocycles. The zero-order valence-corrected chi connectivity index (χ0v) is 10.6. The number of aliphatic hydroxyl groups is 1. The molecular weight excluding hydrogens is 232 g/mol. The third-order valence-corrected chi connectivity index (χ3v) is 3.34. The zero-order valence-electron chi connectivity index (χ0n) is 10.6. The van der Waals surface area contributed by atoms with Crippen molar-refractivity contribution >= 4 is 0 Å². The van der Waals surface area contributed by atoms with Gasteiger partial charge in [0.1, 0.15) is 11.5 Å². The molecule has 1 heterocycles. The van der Waals surface area contributed by atoms with E-state index in [-0.39, 0.29) is 18.4 Å². The van der Waals surface area contributed by atoms with Gasteiger partial charge in [-0.1, -0.05) is 0 Å². The molecule has 18 heavy (non-hydrogen) atoms. The molecule has 3 N–H and O–H groups in total. The quantitative estimate of drug-likeness (QED) is 0.721. The number of piperazine rings is 1. The van der Waals surface area contributed by atoms with Crippen LogP contribution < -0.4 is 10.1 Å². The van der Waals surface area contributed by atoms with E-state index in [0.717, 1.165) is 31.7 Å². The molecule has 0 aliphatic carbocycles. The summed E-state index contributed by atoms with van der Waals surface area (Å²) in [5.74, 6) is 0.792. The number of phenols is 1. The maximum Gasteiger partial charge on any atom is 0.127 e. The van der Waals surface area contributed by atoms with Crippen LogP contribution in [-0.2, 0) is 0 Å². The number of benzene rings is 1. The summed E-state index contributed by atoms with van der Waals surface area (Å²) in [6.45, 7) is 3.69. The van der Waals surface area contributed by atoms with Crippen molar-refractivity contribution in [2.24, 2.45) is 0 Å². The lowest BCUT2D eigenvalue weighted by atomic mass is 10.0. The molecule has 0 saturated carbocycles. The smallest absolute Gasteiger partial charge is 0.127 e. The molecule has 5 heteroatoms. The fourth-order valence-corrected chi connectivity index (χ4v) is 2.38. The van der Waals surface area contributed by atoms with Crippen LogP contribution in [-0.4, -0.2) is 55.0 Å². The van der Waals surface area contributed by atoms with E-state index < -0.39 is 0 Å². The van der Waals surface area contributed by atoms with Crippen molar-refractivity contribution < 1.29 is 14.9 Å². The van der Waals surface area contributed by atoms with E-state index in [0.29, 0.717) is 5.75 Å². The largest absolute Gasteiger partial charge is 0.508 e. The second-order valence-electron chi connectivity index (χ2n) is 4.41. The Kier molecular flexibility index (Phi) is 4.41. The minimum Gasteiger partial charge on any atom is -0.508 e. The normalized spacial score (nSPS) is 18.6. The minimum absolute atomic E-state index is 0.0428. The number of methoxy groups -OCH3 is 1. The summed E-state index contributed by atoms with van der Waals surface area (Å²) in [6, 6.07) is 4.95. The highest BCUT2D eigenvalue weighted by molar-refractivity contribution is 5.42. The van der Waals surface area contributed by atoms with Crippen molar-refractivity contribution in [3.05, 3.63) is 23.8 Å². The van der Waals surface area contributed by atoms with Crippen LogP contribution in [0.2, 0.25) is 0 Å². The number of ether oxygens (including phenoxy) is 1. The highest BCUT2D eigenvalue weighted by Gasteiger charge is 2.24. The van der Waals surface area contributed by atoms with E-state index in [1.807, 2.05) is 6.07 Å². The highest BCUT2D eigenvalue weighted by atomic mass is 16.5. The second-order valence-corrected chi connectivity index (χ2v) is 4.41. The lowest BCUT2D eigenvalue weighted by Crippen LogP contribution is -2.46. The number of hydrogen-bond donors (Lipinski definition) is 3. The van der Waals surface area contributed by atoms with Crippen LogP contribution in [0, 0.1) is 0 Å². The molecule has 0 amide bonds. The van der Waals surface area contributed by atoms with E-state index in [1.165, 1.54) is 0 Å². The van der Waals surface area contributed by atoms with Gasteiger partial charge in [0.05, 0.1) is 19.8 Å². The first-order valence-electron chi connectivity index (χ1n) is 6.18. The van der Waals surface area contributed by atoms with Crippen LogP contribution in [0.3, 0.4) is 0 Å². The summed E-state index contributed by atoms with van der Waals surface area (Å²) < 4.78 is 5.29. The van der Waals surface area contributed by atoms with Gasteiger partial charge in [0.15, 0.2) is 0 Å². The van der Waals surface area contributed by atoms with E-state index in [1.54, 1.807) is 19.2 Å². The average molecular weight is 252 g/mol. The van der Waals surface area contributed by atoms with Crippen LogP contribution in [0.25, 0.3) is 0 Å². The van der Waals surface area contributed by atoms with Gasteiger partial charge in [-0.05, 0) is 12.1 Å². The number of rotatable bonds is 4. The molecule has 0 bridgehead atoms. The Bertz CT molecular complexity index is 392. The van der Waals surface area contributed by atoms with Crippen molar-refractivity contribution in [1.29, 1.82) is 0 Å². The van der Waals surface area contributed by atoms with Crippen molar-refractivity contribution in [2.75, 3.05) is 39.9 Å². The van der Waals surface area contributed by atoms with Crippen molar-refractivity contribution in [3.63, 3.8) is 0 Å². The summed E-state index contributed by atoms with van der Waals surface area (Å²) >= 11 is 0. The molecule has 1 fully saturated rings. The Morgan fingerprint density at radius 2 is 2.11 bits per heavy atom. The van der Waals surface area contributed by atoms with Crippen LogP contribution in [0.15, 0.2) is 18.2 Å². The van der Waals surface area contributed by atoms with Gasteiger partial charge in [0, 0.05) is 37.8 Å². The summed E-state index contributed by atoms with van der Waals surface area (Å²) in [5.41, 5.74) is 0.916. The molecule has 0 spiro atoms. The number of hydrogen-bond acceptors (Lipinski definition) is 5. The molecule has 2 rings (SSSR count). The molecule has 1 aliphatic rings. The minimum atomic E-state index is -0.0809. The molecule has 1 aromatic carbocycles. The number of nitrogens with zero attached hydrogens (tertiary/aromatic N) is 1. The van der Waals surface area contributed by atoms with E-state index in [2.05, 4.69) is 10.2 Å². The van der Waals surface area contributed by atoms with E-state index >= 15 is 0 Å². The first-order valence-corrected chi connectivity index (χ1v) is 6.18. The van der Waals surface area contributed by atoms with Gasteiger partial charge < -0.3 is 20.3 Å². The number of aromatic hydroxyl groups is 1. The van der Waals surface area contributed by atoms with Crippen LogP contribution in [0.5, 0.6) is 11.5 Å². The number of aliphatic hydroxyl groups excluding tert-OH is 1. The topological polar surface area (TPSA) is 65.0 Å². The Hall–Kier alpha value is -1.30. The van der Waals surface area contributed by atoms with Gasteiger partial charge in [-0.15, -0.1) is 0 Å². The second kappa shape index (κ2) is 6.04. The fraction of sp³-hybridized carbons (Fsp3) is 0.538. The van der Waals surface area contributed by atoms with Gasteiger partial charge in [-0.25, -0.2) is 0 Å². The highest BCUT2D eigenvalue weighted by Crippen LogP contribution is 2.32. The lowest BCUT2D eigenvalue weighted by molar-refractivity contribution is 0.109. The summed E-state index contributed by atoms with van der Waals surface area (Å²) in [4.78, 5) is 2.23. The Labute approximate surface area is 107 Å². The molecule has 100 valence electrons. The van der Waals surface area contributed by atoms with Gasteiger partial charge >= 0.3 is 0 Å². The molecule has 0 aromatic heterocycles. The van der Waals surface area contributed by atoms with Crippen molar-refractivity contribution in [1.82, 2.24) is 10.2 Å². The van der Waals surface area contributed by atoms with Crippen LogP contribution in [0.4, 0.5) is 0 Å². The third-order valence-electron chi connectivity index (χ3n) is 3.34. The van der Waals surface area contributed by atoms with Gasteiger partial charge in [0.2, 0.25) is 0 Å². The molecule has 1 aromatic rings. The first-order chi connectivity index (χ1) is 8.76. The first kappa shape index (κ1) is 13.1. The lowest BCUT2D eigenvalue weighted by Gasteiger charge is -2.34. The summed E-state index contributed by atoms with van der Waals surface area (Å²) in [6.07, 6.45) is 0. The summed E-state index contributed by atoms with van der Waals surface area (Å²) in [7, 11) is 1.57. The Balaban J connectivity index is 2.25. The van der Waals surface area contributed by atoms with Crippen molar-refractivity contribution in [3.8, 4) is 11.5 Å². The Morgan fingerprint density at radius 3 is 2.72 bits per heavy atom. The van der Waals surface area contributed by atoms with Gasteiger partial charge in [-0.2, -0.15) is 0 Å². The van der Waals surface area contributed by atoms with E-state index in [9.17, 15) is 10.2 Å². The predicted octanol–water partition coefficient (Wildman–Crippen LogP) is 0.339. The molecule has 1 saturated heterocycles. The molecular formula is C13H20N2O3. The number of phenolic OH excluding ortho intramolecular Hbond substituents is 1. The monoisotopic (exact) mass is 252 g/mol. The summed E-state index contributed by atoms with van der Waals surface area (Å²) in [5, 5.41) is 22.4. The van der Waals surface area contributed by atoms with Gasteiger partial charge in [0.25, 0.3) is 0 Å². The fourth-order valence-electron chi connectivity index (χ4n) is 2.38. The predicted molar refractivity (Wildman–Crippen MR) is 68.9 cm³/mol. The standard InChI is InChI=1S/C13H20N2O3/c1-18-13-8-10(17)2-3-11(13)12(9-16)15-6-4-14-5-7-15/h2-3,8,12,14,16-17H,4-7,9H2,1H3/t12-/m1/s1. The SMILES string of the molecule is COc1cc(O)ccc1[C@@H](CO)N1CCNCC1. The molecule has 5 nitrogen and oxygen atoms in total. The van der Waals surface area contributed by atoms with Crippen LogP contribution >= 0.6 is 0 Å². The maximum atomic E-state index is 9.64. The molecule has 0 radical (unpaired) electrons. The third kappa shape index (κ3) is 2.75. The van der Waals surface area contributed by atoms with Crippen LogP contribution in [0.1, 0.15) is 11.6 Å². The number of nitrogens with one attached hydrogen (secondary N) is 1.